The Morgan fingerprint density at radius 2 is 2.08 bits per heavy atom. The molecule has 0 heterocycles. The van der Waals surface area contributed by atoms with Crippen LogP contribution in [0.4, 0.5) is 0 Å². The van der Waals surface area contributed by atoms with Gasteiger partial charge >= 0.3 is 5.97 Å². The highest BCUT2D eigenvalue weighted by Crippen LogP contribution is 2.12. The molecule has 0 bridgehead atoms. The molecule has 72 valence electrons. The summed E-state index contributed by atoms with van der Waals surface area (Å²) in [7, 11) is 1.45. The molecule has 0 saturated carbocycles. The van der Waals surface area contributed by atoms with E-state index >= 15 is 0 Å². The lowest BCUT2D eigenvalue weighted by molar-refractivity contribution is -0.150. The molecule has 12 heavy (non-hydrogen) atoms. The van der Waals surface area contributed by atoms with E-state index in [1.54, 1.807) is 0 Å². The van der Waals surface area contributed by atoms with Gasteiger partial charge in [-0.25, -0.2) is 4.79 Å². The molecule has 0 rings (SSSR count). The van der Waals surface area contributed by atoms with Crippen molar-refractivity contribution in [2.75, 3.05) is 26.9 Å². The topological polar surface area (TPSA) is 61.5 Å². The molecular weight excluding hydrogens is 158 g/mol. The minimum absolute atomic E-state index is 0.000646. The van der Waals surface area contributed by atoms with Crippen molar-refractivity contribution in [3.63, 3.8) is 0 Å². The van der Waals surface area contributed by atoms with E-state index in [0.717, 1.165) is 0 Å². The van der Waals surface area contributed by atoms with Crippen LogP contribution in [0.15, 0.2) is 0 Å². The maximum Gasteiger partial charge on any atom is 0.332 e. The van der Waals surface area contributed by atoms with Crippen LogP contribution in [0, 0.1) is 5.41 Å². The van der Waals surface area contributed by atoms with Crippen LogP contribution in [-0.2, 0) is 14.3 Å². The molecular formula is C8H17NO3. The van der Waals surface area contributed by atoms with Crippen molar-refractivity contribution in [1.29, 1.82) is 0 Å². The Morgan fingerprint density at radius 1 is 1.50 bits per heavy atom. The molecule has 0 aliphatic rings. The molecule has 0 aromatic carbocycles. The van der Waals surface area contributed by atoms with Gasteiger partial charge in [-0.15, -0.1) is 0 Å². The minimum Gasteiger partial charge on any atom is -0.463 e. The SMILES string of the molecule is COCC(=O)OCC(C)(C)CN. The molecule has 0 radical (unpaired) electrons. The molecule has 0 saturated heterocycles. The first-order valence-electron chi connectivity index (χ1n) is 3.86. The van der Waals surface area contributed by atoms with Crippen LogP contribution >= 0.6 is 0 Å². The summed E-state index contributed by atoms with van der Waals surface area (Å²) in [5.41, 5.74) is 5.29. The molecule has 0 fully saturated rings. The van der Waals surface area contributed by atoms with Crippen LogP contribution in [0.3, 0.4) is 0 Å². The number of carbonyl (C=O) groups is 1. The summed E-state index contributed by atoms with van der Waals surface area (Å²) in [6, 6.07) is 0. The molecule has 0 aliphatic heterocycles. The number of rotatable bonds is 5. The fourth-order valence-electron chi connectivity index (χ4n) is 0.494. The van der Waals surface area contributed by atoms with E-state index in [0.29, 0.717) is 13.2 Å². The second-order valence-corrected chi connectivity index (χ2v) is 3.46. The van der Waals surface area contributed by atoms with Crippen LogP contribution in [0.25, 0.3) is 0 Å². The van der Waals surface area contributed by atoms with Crippen LogP contribution in [0.5, 0.6) is 0 Å². The van der Waals surface area contributed by atoms with E-state index in [4.69, 9.17) is 10.5 Å². The molecule has 4 heteroatoms. The summed E-state index contributed by atoms with van der Waals surface area (Å²) in [6.45, 7) is 4.71. The van der Waals surface area contributed by atoms with Gasteiger partial charge in [0.05, 0.1) is 6.61 Å². The number of nitrogens with two attached hydrogens (primary N) is 1. The molecule has 0 aromatic rings. The van der Waals surface area contributed by atoms with Gasteiger partial charge in [0.25, 0.3) is 0 Å². The smallest absolute Gasteiger partial charge is 0.332 e. The summed E-state index contributed by atoms with van der Waals surface area (Å²) in [5.74, 6) is -0.348. The summed E-state index contributed by atoms with van der Waals surface area (Å²) < 4.78 is 9.49. The molecule has 0 atom stereocenters. The molecule has 2 N–H and O–H groups in total. The van der Waals surface area contributed by atoms with Crippen LogP contribution in [0.1, 0.15) is 13.8 Å². The van der Waals surface area contributed by atoms with Crippen LogP contribution < -0.4 is 5.73 Å². The van der Waals surface area contributed by atoms with Gasteiger partial charge in [-0.05, 0) is 0 Å². The zero-order valence-corrected chi connectivity index (χ0v) is 7.92. The predicted octanol–water partition coefficient (Wildman–Crippen LogP) is 0.161. The molecule has 0 unspecified atom stereocenters. The van der Waals surface area contributed by atoms with Crippen molar-refractivity contribution in [1.82, 2.24) is 0 Å². The predicted molar refractivity (Wildman–Crippen MR) is 45.7 cm³/mol. The van der Waals surface area contributed by atoms with Gasteiger partial charge in [0.1, 0.15) is 6.61 Å². The molecule has 4 nitrogen and oxygen atoms in total. The lowest BCUT2D eigenvalue weighted by Gasteiger charge is -2.21. The number of esters is 1. The van der Waals surface area contributed by atoms with E-state index in [1.165, 1.54) is 7.11 Å². The van der Waals surface area contributed by atoms with Gasteiger partial charge in [-0.3, -0.25) is 0 Å². The maximum absolute atomic E-state index is 10.8. The third-order valence-corrected chi connectivity index (χ3v) is 1.44. The maximum atomic E-state index is 10.8. The number of carbonyl (C=O) groups excluding carboxylic acids is 1. The van der Waals surface area contributed by atoms with Gasteiger partial charge in [0, 0.05) is 19.1 Å². The zero-order valence-electron chi connectivity index (χ0n) is 7.92. The van der Waals surface area contributed by atoms with Gasteiger partial charge in [0.2, 0.25) is 0 Å². The van der Waals surface area contributed by atoms with E-state index in [2.05, 4.69) is 4.74 Å². The molecule has 0 spiro atoms. The highest BCUT2D eigenvalue weighted by molar-refractivity contribution is 5.70. The molecule has 0 aliphatic carbocycles. The lowest BCUT2D eigenvalue weighted by Crippen LogP contribution is -2.30. The molecule has 0 aromatic heterocycles. The standard InChI is InChI=1S/C8H17NO3/c1-8(2,5-9)6-12-7(10)4-11-3/h4-6,9H2,1-3H3. The Hall–Kier alpha value is -0.610. The van der Waals surface area contributed by atoms with Crippen LogP contribution in [0.2, 0.25) is 0 Å². The van der Waals surface area contributed by atoms with Gasteiger partial charge in [-0.2, -0.15) is 0 Å². The van der Waals surface area contributed by atoms with E-state index in [-0.39, 0.29) is 18.0 Å². The third kappa shape index (κ3) is 5.09. The number of methoxy groups -OCH3 is 1. The average molecular weight is 175 g/mol. The van der Waals surface area contributed by atoms with Crippen molar-refractivity contribution in [2.45, 2.75) is 13.8 Å². The highest BCUT2D eigenvalue weighted by Gasteiger charge is 2.17. The fourth-order valence-corrected chi connectivity index (χ4v) is 0.494. The second-order valence-electron chi connectivity index (χ2n) is 3.46. The van der Waals surface area contributed by atoms with Crippen LogP contribution in [-0.4, -0.2) is 32.8 Å². The fraction of sp³-hybridized carbons (Fsp3) is 0.875. The Morgan fingerprint density at radius 3 is 2.50 bits per heavy atom. The van der Waals surface area contributed by atoms with Crippen molar-refractivity contribution < 1.29 is 14.3 Å². The van der Waals surface area contributed by atoms with Gasteiger partial charge in [0.15, 0.2) is 0 Å². The first kappa shape index (κ1) is 11.4. The monoisotopic (exact) mass is 175 g/mol. The number of ether oxygens (including phenoxy) is 2. The number of hydrogen-bond acceptors (Lipinski definition) is 4. The van der Waals surface area contributed by atoms with Gasteiger partial charge in [-0.1, -0.05) is 13.8 Å². The normalized spacial score (nSPS) is 11.3. The lowest BCUT2D eigenvalue weighted by atomic mass is 9.95. The highest BCUT2D eigenvalue weighted by atomic mass is 16.6. The van der Waals surface area contributed by atoms with Crippen molar-refractivity contribution in [3.8, 4) is 0 Å². The second kappa shape index (κ2) is 5.11. The summed E-state index contributed by atoms with van der Waals surface area (Å²) in [5, 5.41) is 0. The zero-order chi connectivity index (χ0) is 9.61. The third-order valence-electron chi connectivity index (χ3n) is 1.44. The van der Waals surface area contributed by atoms with Crippen molar-refractivity contribution in [2.24, 2.45) is 11.1 Å². The van der Waals surface area contributed by atoms with Crippen molar-refractivity contribution in [3.05, 3.63) is 0 Å². The largest absolute Gasteiger partial charge is 0.463 e. The van der Waals surface area contributed by atoms with E-state index in [9.17, 15) is 4.79 Å². The Labute approximate surface area is 73.0 Å². The first-order chi connectivity index (χ1) is 5.52. The number of hydrogen-bond donors (Lipinski definition) is 1. The summed E-state index contributed by atoms with van der Waals surface area (Å²) >= 11 is 0. The van der Waals surface area contributed by atoms with E-state index < -0.39 is 0 Å². The summed E-state index contributed by atoms with van der Waals surface area (Å²) in [4.78, 5) is 10.8. The first-order valence-corrected chi connectivity index (χ1v) is 3.86. The Bertz CT molecular complexity index is 145. The van der Waals surface area contributed by atoms with Crippen molar-refractivity contribution >= 4 is 5.97 Å². The summed E-state index contributed by atoms with van der Waals surface area (Å²) in [6.07, 6.45) is 0. The Balaban J connectivity index is 3.60. The minimum atomic E-state index is -0.348. The Kier molecular flexibility index (Phi) is 4.85. The van der Waals surface area contributed by atoms with E-state index in [1.807, 2.05) is 13.8 Å². The van der Waals surface area contributed by atoms with Gasteiger partial charge < -0.3 is 15.2 Å². The molecule has 0 amide bonds. The quantitative estimate of drug-likeness (QED) is 0.605. The average Bonchev–Trinajstić information content (AvgIpc) is 2.02.